The number of benzene rings is 2. The van der Waals surface area contributed by atoms with Crippen molar-refractivity contribution in [3.63, 3.8) is 0 Å². The maximum atomic E-state index is 12.6. The van der Waals surface area contributed by atoms with Crippen molar-refractivity contribution in [2.24, 2.45) is 0 Å². The molecule has 8 heteroatoms. The predicted octanol–water partition coefficient (Wildman–Crippen LogP) is 2.59. The van der Waals surface area contributed by atoms with Gasteiger partial charge in [-0.25, -0.2) is 13.1 Å². The van der Waals surface area contributed by atoms with Crippen molar-refractivity contribution in [3.05, 3.63) is 60.0 Å². The first-order valence-electron chi connectivity index (χ1n) is 8.02. The number of hydrogen-bond donors (Lipinski definition) is 1. The van der Waals surface area contributed by atoms with Crippen LogP contribution < -0.4 is 9.62 Å². The average molecular weight is 372 g/mol. The quantitative estimate of drug-likeness (QED) is 0.715. The lowest BCUT2D eigenvalue weighted by atomic mass is 10.2. The third kappa shape index (κ3) is 4.09. The van der Waals surface area contributed by atoms with Crippen molar-refractivity contribution >= 4 is 15.7 Å². The van der Waals surface area contributed by atoms with Crippen LogP contribution in [0.25, 0.3) is 11.4 Å². The Morgan fingerprint density at radius 3 is 2.46 bits per heavy atom. The lowest BCUT2D eigenvalue weighted by Gasteiger charge is -2.13. The Morgan fingerprint density at radius 2 is 1.85 bits per heavy atom. The maximum Gasteiger partial charge on any atom is 0.240 e. The minimum absolute atomic E-state index is 0.155. The van der Waals surface area contributed by atoms with Crippen molar-refractivity contribution in [3.8, 4) is 11.4 Å². The zero-order valence-electron chi connectivity index (χ0n) is 14.8. The van der Waals surface area contributed by atoms with Gasteiger partial charge in [0.1, 0.15) is 0 Å². The van der Waals surface area contributed by atoms with Gasteiger partial charge in [-0.1, -0.05) is 29.4 Å². The van der Waals surface area contributed by atoms with Crippen LogP contribution in [0.4, 0.5) is 5.69 Å². The van der Waals surface area contributed by atoms with Crippen molar-refractivity contribution in [1.29, 1.82) is 0 Å². The summed E-state index contributed by atoms with van der Waals surface area (Å²) in [5.41, 5.74) is 2.52. The monoisotopic (exact) mass is 372 g/mol. The maximum absolute atomic E-state index is 12.6. The number of hydrogen-bond acceptors (Lipinski definition) is 6. The van der Waals surface area contributed by atoms with Gasteiger partial charge in [-0.3, -0.25) is 0 Å². The fraction of sp³-hybridized carbons (Fsp3) is 0.222. The molecule has 1 N–H and O–H groups in total. The van der Waals surface area contributed by atoms with Crippen LogP contribution in [0.1, 0.15) is 11.5 Å². The molecule has 136 valence electrons. The highest BCUT2D eigenvalue weighted by atomic mass is 32.2. The topological polar surface area (TPSA) is 88.3 Å². The van der Waals surface area contributed by atoms with E-state index in [-0.39, 0.29) is 11.4 Å². The van der Waals surface area contributed by atoms with Gasteiger partial charge in [0.05, 0.1) is 4.90 Å². The summed E-state index contributed by atoms with van der Waals surface area (Å²) >= 11 is 0. The summed E-state index contributed by atoms with van der Waals surface area (Å²) in [4.78, 5) is 6.26. The molecule has 0 aliphatic rings. The Balaban J connectivity index is 1.76. The number of nitrogens with one attached hydrogen (secondary N) is 1. The van der Waals surface area contributed by atoms with Gasteiger partial charge in [0.2, 0.25) is 21.7 Å². The van der Waals surface area contributed by atoms with Crippen LogP contribution in [0.5, 0.6) is 0 Å². The number of aromatic nitrogens is 2. The van der Waals surface area contributed by atoms with Crippen molar-refractivity contribution in [2.45, 2.75) is 18.4 Å². The largest absolute Gasteiger partial charge is 0.378 e. The number of sulfonamides is 1. The summed E-state index contributed by atoms with van der Waals surface area (Å²) in [5, 5.41) is 3.82. The molecule has 1 aromatic heterocycles. The summed E-state index contributed by atoms with van der Waals surface area (Å²) in [6.45, 7) is 1.89. The van der Waals surface area contributed by atoms with Gasteiger partial charge in [-0.2, -0.15) is 4.98 Å². The molecule has 0 aliphatic heterocycles. The zero-order chi connectivity index (χ0) is 18.7. The van der Waals surface area contributed by atoms with E-state index in [9.17, 15) is 8.42 Å². The first-order chi connectivity index (χ1) is 12.3. The van der Waals surface area contributed by atoms with E-state index in [1.807, 2.05) is 43.3 Å². The van der Waals surface area contributed by atoms with E-state index in [2.05, 4.69) is 14.9 Å². The highest BCUT2D eigenvalue weighted by Crippen LogP contribution is 2.20. The Labute approximate surface area is 152 Å². The van der Waals surface area contributed by atoms with E-state index in [0.29, 0.717) is 17.3 Å². The summed E-state index contributed by atoms with van der Waals surface area (Å²) in [6.07, 6.45) is 0. The van der Waals surface area contributed by atoms with E-state index in [0.717, 1.165) is 11.3 Å². The summed E-state index contributed by atoms with van der Waals surface area (Å²) in [5.74, 6) is 0.784. The minimum Gasteiger partial charge on any atom is -0.378 e. The molecule has 0 aliphatic carbocycles. The van der Waals surface area contributed by atoms with E-state index in [4.69, 9.17) is 4.52 Å². The second-order valence-electron chi connectivity index (χ2n) is 6.05. The molecule has 1 heterocycles. The van der Waals surface area contributed by atoms with Crippen LogP contribution in [0.3, 0.4) is 0 Å². The molecule has 26 heavy (non-hydrogen) atoms. The van der Waals surface area contributed by atoms with Crippen molar-refractivity contribution in [2.75, 3.05) is 19.0 Å². The number of rotatable bonds is 6. The molecule has 3 rings (SSSR count). The molecule has 0 atom stereocenters. The standard InChI is InChI=1S/C18H20N4O3S/c1-13-20-18(21-25-13)15-5-4-6-17(11-15)26(23,24)19-12-14-7-9-16(10-8-14)22(2)3/h4-11,19H,12H2,1-3H3. The molecular weight excluding hydrogens is 352 g/mol. The summed E-state index contributed by atoms with van der Waals surface area (Å²) in [7, 11) is 0.253. The molecule has 7 nitrogen and oxygen atoms in total. The predicted molar refractivity (Wildman–Crippen MR) is 99.3 cm³/mol. The summed E-state index contributed by atoms with van der Waals surface area (Å²) < 4.78 is 32.7. The Kier molecular flexibility index (Phi) is 5.06. The first-order valence-corrected chi connectivity index (χ1v) is 9.50. The number of nitrogens with zero attached hydrogens (tertiary/aromatic N) is 3. The van der Waals surface area contributed by atoms with E-state index < -0.39 is 10.0 Å². The van der Waals surface area contributed by atoms with Crippen LogP contribution in [-0.2, 0) is 16.6 Å². The van der Waals surface area contributed by atoms with Gasteiger partial charge in [0, 0.05) is 38.8 Å². The van der Waals surface area contributed by atoms with Crippen LogP contribution in [0.15, 0.2) is 57.9 Å². The van der Waals surface area contributed by atoms with Crippen LogP contribution in [-0.4, -0.2) is 32.7 Å². The van der Waals surface area contributed by atoms with Crippen LogP contribution in [0, 0.1) is 6.92 Å². The fourth-order valence-corrected chi connectivity index (χ4v) is 3.46. The smallest absolute Gasteiger partial charge is 0.240 e. The Hall–Kier alpha value is -2.71. The second kappa shape index (κ2) is 7.27. The third-order valence-corrected chi connectivity index (χ3v) is 5.25. The Morgan fingerprint density at radius 1 is 1.12 bits per heavy atom. The summed E-state index contributed by atoms with van der Waals surface area (Å²) in [6, 6.07) is 14.2. The molecule has 0 spiro atoms. The van der Waals surface area contributed by atoms with Gasteiger partial charge in [0.15, 0.2) is 0 Å². The third-order valence-electron chi connectivity index (χ3n) is 3.85. The molecule has 0 saturated carbocycles. The van der Waals surface area contributed by atoms with E-state index in [1.54, 1.807) is 19.1 Å². The molecule has 0 unspecified atom stereocenters. The fourth-order valence-electron chi connectivity index (χ4n) is 2.39. The molecular formula is C18H20N4O3S. The molecule has 3 aromatic rings. The minimum atomic E-state index is -3.66. The second-order valence-corrected chi connectivity index (χ2v) is 7.82. The van der Waals surface area contributed by atoms with Crippen molar-refractivity contribution < 1.29 is 12.9 Å². The molecule has 0 radical (unpaired) electrons. The Bertz CT molecular complexity index is 995. The van der Waals surface area contributed by atoms with E-state index in [1.165, 1.54) is 12.1 Å². The lowest BCUT2D eigenvalue weighted by molar-refractivity contribution is 0.394. The van der Waals surface area contributed by atoms with Crippen LogP contribution >= 0.6 is 0 Å². The molecule has 0 fully saturated rings. The molecule has 0 saturated heterocycles. The zero-order valence-corrected chi connectivity index (χ0v) is 15.6. The molecule has 0 amide bonds. The highest BCUT2D eigenvalue weighted by molar-refractivity contribution is 7.89. The average Bonchev–Trinajstić information content (AvgIpc) is 3.07. The van der Waals surface area contributed by atoms with Gasteiger partial charge in [0.25, 0.3) is 0 Å². The molecule has 0 bridgehead atoms. The highest BCUT2D eigenvalue weighted by Gasteiger charge is 2.16. The van der Waals surface area contributed by atoms with Gasteiger partial charge < -0.3 is 9.42 Å². The van der Waals surface area contributed by atoms with Crippen molar-refractivity contribution in [1.82, 2.24) is 14.9 Å². The van der Waals surface area contributed by atoms with E-state index >= 15 is 0 Å². The van der Waals surface area contributed by atoms with Gasteiger partial charge >= 0.3 is 0 Å². The first kappa shape index (κ1) is 18.1. The number of anilines is 1. The van der Waals surface area contributed by atoms with Gasteiger partial charge in [-0.15, -0.1) is 0 Å². The van der Waals surface area contributed by atoms with Crippen LogP contribution in [0.2, 0.25) is 0 Å². The SMILES string of the molecule is Cc1nc(-c2cccc(S(=O)(=O)NCc3ccc(N(C)C)cc3)c2)no1. The molecule has 2 aromatic carbocycles. The normalized spacial score (nSPS) is 11.5. The van der Waals surface area contributed by atoms with Gasteiger partial charge in [-0.05, 0) is 29.8 Å². The number of aryl methyl sites for hydroxylation is 1. The lowest BCUT2D eigenvalue weighted by Crippen LogP contribution is -2.23.